The van der Waals surface area contributed by atoms with E-state index >= 15 is 0 Å². The lowest BCUT2D eigenvalue weighted by Crippen LogP contribution is -2.29. The number of hydrogen-bond donors (Lipinski definition) is 1. The molecule has 1 aliphatic heterocycles. The highest BCUT2D eigenvalue weighted by Gasteiger charge is 2.48. The Kier molecular flexibility index (Phi) is 7.35. The number of anilines is 1. The molecule has 1 atom stereocenters. The van der Waals surface area contributed by atoms with Gasteiger partial charge in [-0.3, -0.25) is 14.5 Å². The number of hydrogen-bond acceptors (Lipinski definition) is 7. The molecule has 1 saturated heterocycles. The molecule has 0 bridgehead atoms. The van der Waals surface area contributed by atoms with Gasteiger partial charge in [0.05, 0.1) is 17.3 Å². The Morgan fingerprint density at radius 3 is 2.43 bits per heavy atom. The lowest BCUT2D eigenvalue weighted by Gasteiger charge is -2.23. The number of amides is 1. The van der Waals surface area contributed by atoms with Crippen LogP contribution in [-0.2, 0) is 14.3 Å². The Balaban J connectivity index is 1.88. The van der Waals surface area contributed by atoms with E-state index in [9.17, 15) is 23.9 Å². The second kappa shape index (κ2) is 10.5. The molecule has 0 saturated carbocycles. The van der Waals surface area contributed by atoms with Crippen molar-refractivity contribution in [3.05, 3.63) is 99.8 Å². The summed E-state index contributed by atoms with van der Waals surface area (Å²) in [5.74, 6) is -3.12. The first-order valence-corrected chi connectivity index (χ1v) is 12.4. The number of Topliss-reactive ketones (excluding diaryl/α,β-unsaturated/α-hetero) is 1. The maximum atomic E-state index is 13.5. The third-order valence-corrected chi connectivity index (χ3v) is 7.13. The van der Waals surface area contributed by atoms with Crippen molar-refractivity contribution >= 4 is 39.9 Å². The molecular formula is C28H25FN2O5S. The lowest BCUT2D eigenvalue weighted by molar-refractivity contribution is -0.132. The number of nitrogens with zero attached hydrogens (tertiary/aromatic N) is 2. The number of esters is 1. The number of aryl methyl sites for hydroxylation is 1. The summed E-state index contributed by atoms with van der Waals surface area (Å²) < 4.78 is 18.6. The minimum atomic E-state index is -1.02. The average Bonchev–Trinajstić information content (AvgIpc) is 3.39. The van der Waals surface area contributed by atoms with E-state index in [2.05, 4.69) is 11.6 Å². The molecule has 0 aliphatic carbocycles. The number of aliphatic hydroxyl groups is 1. The Bertz CT molecular complexity index is 1410. The molecular weight excluding hydrogens is 495 g/mol. The van der Waals surface area contributed by atoms with Gasteiger partial charge in [-0.1, -0.05) is 62.1 Å². The summed E-state index contributed by atoms with van der Waals surface area (Å²) >= 11 is 0.918. The van der Waals surface area contributed by atoms with Gasteiger partial charge in [-0.2, -0.15) is 0 Å². The predicted molar refractivity (Wildman–Crippen MR) is 139 cm³/mol. The number of benzene rings is 2. The molecule has 1 N–H and O–H groups in total. The molecule has 0 spiro atoms. The van der Waals surface area contributed by atoms with Gasteiger partial charge in [0, 0.05) is 5.56 Å². The largest absolute Gasteiger partial charge is 0.507 e. The molecule has 1 aliphatic rings. The van der Waals surface area contributed by atoms with E-state index in [0.29, 0.717) is 11.3 Å². The van der Waals surface area contributed by atoms with E-state index in [4.69, 9.17) is 4.74 Å². The SMILES string of the molecule is C=CCOC(=O)c1sc(N2C(=O)C(=O)/C(=C(\O)c3ccc(F)cc3)C2c2ccc(C(C)C)cc2)nc1C. The molecule has 1 fully saturated rings. The Labute approximate surface area is 217 Å². The Hall–Kier alpha value is -4.11. The summed E-state index contributed by atoms with van der Waals surface area (Å²) in [6.07, 6.45) is 1.43. The maximum absolute atomic E-state index is 13.5. The number of aromatic nitrogens is 1. The van der Waals surface area contributed by atoms with Gasteiger partial charge in [0.15, 0.2) is 5.13 Å². The van der Waals surface area contributed by atoms with Crippen LogP contribution in [0.3, 0.4) is 0 Å². The van der Waals surface area contributed by atoms with E-state index < -0.39 is 35.3 Å². The van der Waals surface area contributed by atoms with Crippen molar-refractivity contribution in [2.75, 3.05) is 11.5 Å². The zero-order valence-electron chi connectivity index (χ0n) is 20.5. The number of thiazole rings is 1. The van der Waals surface area contributed by atoms with Crippen molar-refractivity contribution in [1.82, 2.24) is 4.98 Å². The van der Waals surface area contributed by atoms with Crippen LogP contribution in [0, 0.1) is 12.7 Å². The van der Waals surface area contributed by atoms with Crippen molar-refractivity contribution in [2.45, 2.75) is 32.7 Å². The quantitative estimate of drug-likeness (QED) is 0.142. The topological polar surface area (TPSA) is 96.8 Å². The van der Waals surface area contributed by atoms with Crippen LogP contribution >= 0.6 is 11.3 Å². The van der Waals surface area contributed by atoms with Gasteiger partial charge >= 0.3 is 11.9 Å². The molecule has 37 heavy (non-hydrogen) atoms. The first-order chi connectivity index (χ1) is 17.6. The summed E-state index contributed by atoms with van der Waals surface area (Å²) in [4.78, 5) is 44.9. The van der Waals surface area contributed by atoms with Gasteiger partial charge in [0.25, 0.3) is 5.78 Å². The molecule has 2 heterocycles. The van der Waals surface area contributed by atoms with Crippen LogP contribution < -0.4 is 4.90 Å². The van der Waals surface area contributed by atoms with Gasteiger partial charge in [-0.15, -0.1) is 0 Å². The van der Waals surface area contributed by atoms with Crippen LogP contribution in [-0.4, -0.2) is 34.4 Å². The summed E-state index contributed by atoms with van der Waals surface area (Å²) in [5.41, 5.74) is 1.99. The summed E-state index contributed by atoms with van der Waals surface area (Å²) in [5, 5.41) is 11.3. The normalized spacial score (nSPS) is 16.9. The maximum Gasteiger partial charge on any atom is 0.350 e. The highest BCUT2D eigenvalue weighted by Crippen LogP contribution is 2.44. The number of rotatable bonds is 7. The Morgan fingerprint density at radius 2 is 1.84 bits per heavy atom. The zero-order valence-corrected chi connectivity index (χ0v) is 21.3. The van der Waals surface area contributed by atoms with E-state index in [0.717, 1.165) is 29.0 Å². The van der Waals surface area contributed by atoms with E-state index in [-0.39, 0.29) is 33.7 Å². The van der Waals surface area contributed by atoms with E-state index in [1.54, 1.807) is 19.1 Å². The summed E-state index contributed by atoms with van der Waals surface area (Å²) in [6.45, 7) is 9.22. The number of carbonyl (C=O) groups excluding carboxylic acids is 3. The number of ketones is 1. The van der Waals surface area contributed by atoms with E-state index in [1.807, 2.05) is 26.0 Å². The standard InChI is InChI=1S/C28H25FN2O5S/c1-5-14-36-27(35)25-16(4)30-28(37-25)31-22(18-8-6-17(7-9-18)15(2)3)21(24(33)26(31)34)23(32)19-10-12-20(29)13-11-19/h5-13,15,22,32H,1,14H2,2-4H3/b23-21-. The van der Waals surface area contributed by atoms with Crippen LogP contribution in [0.1, 0.15) is 57.9 Å². The first kappa shape index (κ1) is 26.0. The van der Waals surface area contributed by atoms with Gasteiger partial charge in [-0.05, 0) is 48.2 Å². The number of halogens is 1. The van der Waals surface area contributed by atoms with Crippen LogP contribution in [0.5, 0.6) is 0 Å². The fourth-order valence-electron chi connectivity index (χ4n) is 4.05. The van der Waals surface area contributed by atoms with Gasteiger partial charge in [0.2, 0.25) is 0 Å². The lowest BCUT2D eigenvalue weighted by atomic mass is 9.93. The third kappa shape index (κ3) is 4.95. The first-order valence-electron chi connectivity index (χ1n) is 11.6. The van der Waals surface area contributed by atoms with Crippen molar-refractivity contribution in [2.24, 2.45) is 0 Å². The number of carbonyl (C=O) groups is 3. The van der Waals surface area contributed by atoms with Crippen LogP contribution in [0.4, 0.5) is 9.52 Å². The molecule has 3 aromatic rings. The second-order valence-corrected chi connectivity index (χ2v) is 9.77. The molecule has 1 amide bonds. The number of aliphatic hydroxyl groups excluding tert-OH is 1. The van der Waals surface area contributed by atoms with Crippen molar-refractivity contribution in [1.29, 1.82) is 0 Å². The molecule has 190 valence electrons. The molecule has 0 radical (unpaired) electrons. The van der Waals surface area contributed by atoms with Crippen LogP contribution in [0.15, 0.2) is 66.8 Å². The van der Waals surface area contributed by atoms with Crippen molar-refractivity contribution in [3.8, 4) is 0 Å². The predicted octanol–water partition coefficient (Wildman–Crippen LogP) is 5.68. The van der Waals surface area contributed by atoms with Gasteiger partial charge in [-0.25, -0.2) is 14.2 Å². The monoisotopic (exact) mass is 520 g/mol. The zero-order chi connectivity index (χ0) is 26.9. The molecule has 1 unspecified atom stereocenters. The summed E-state index contributed by atoms with van der Waals surface area (Å²) in [7, 11) is 0. The molecule has 7 nitrogen and oxygen atoms in total. The number of ether oxygens (including phenoxy) is 1. The van der Waals surface area contributed by atoms with Crippen LogP contribution in [0.2, 0.25) is 0 Å². The highest BCUT2D eigenvalue weighted by molar-refractivity contribution is 7.17. The smallest absolute Gasteiger partial charge is 0.350 e. The van der Waals surface area contributed by atoms with Crippen molar-refractivity contribution in [3.63, 3.8) is 0 Å². The highest BCUT2D eigenvalue weighted by atomic mass is 32.1. The van der Waals surface area contributed by atoms with E-state index in [1.165, 1.54) is 23.1 Å². The second-order valence-electron chi connectivity index (χ2n) is 8.80. The fraction of sp³-hybridized carbons (Fsp3) is 0.214. The minimum Gasteiger partial charge on any atom is -0.507 e. The minimum absolute atomic E-state index is 0.00981. The van der Waals surface area contributed by atoms with Gasteiger partial charge < -0.3 is 9.84 Å². The molecule has 2 aromatic carbocycles. The molecule has 9 heteroatoms. The fourth-order valence-corrected chi connectivity index (χ4v) is 5.03. The summed E-state index contributed by atoms with van der Waals surface area (Å²) in [6, 6.07) is 11.3. The molecule has 1 aromatic heterocycles. The Morgan fingerprint density at radius 1 is 1.19 bits per heavy atom. The average molecular weight is 521 g/mol. The third-order valence-electron chi connectivity index (χ3n) is 5.99. The van der Waals surface area contributed by atoms with Crippen molar-refractivity contribution < 1.29 is 28.6 Å². The molecule has 4 rings (SSSR count). The van der Waals surface area contributed by atoms with Gasteiger partial charge in [0.1, 0.15) is 23.1 Å². The van der Waals surface area contributed by atoms with Crippen LogP contribution in [0.25, 0.3) is 5.76 Å².